The van der Waals surface area contributed by atoms with Gasteiger partial charge in [-0.15, -0.1) is 0 Å². The first-order valence-corrected chi connectivity index (χ1v) is 7.85. The number of hydrogen-bond donors (Lipinski definition) is 2. The van der Waals surface area contributed by atoms with Crippen molar-refractivity contribution in [1.82, 2.24) is 15.5 Å². The molecule has 0 aromatic rings. The van der Waals surface area contributed by atoms with Crippen LogP contribution in [-0.2, 0) is 4.79 Å². The van der Waals surface area contributed by atoms with Crippen LogP contribution in [0, 0.1) is 5.92 Å². The van der Waals surface area contributed by atoms with E-state index in [1.54, 1.807) is 0 Å². The first kappa shape index (κ1) is 14.8. The van der Waals surface area contributed by atoms with E-state index < -0.39 is 0 Å². The van der Waals surface area contributed by atoms with Gasteiger partial charge in [0.05, 0.1) is 5.54 Å². The zero-order chi connectivity index (χ0) is 13.7. The number of carbonyl (C=O) groups excluding carboxylic acids is 1. The van der Waals surface area contributed by atoms with Gasteiger partial charge in [-0.1, -0.05) is 19.3 Å². The molecule has 0 aromatic carbocycles. The van der Waals surface area contributed by atoms with Crippen LogP contribution in [0.5, 0.6) is 0 Å². The average molecular weight is 267 g/mol. The molecule has 1 aliphatic heterocycles. The maximum absolute atomic E-state index is 12.4. The topological polar surface area (TPSA) is 44.4 Å². The Morgan fingerprint density at radius 3 is 2.47 bits per heavy atom. The number of carbonyl (C=O) groups is 1. The van der Waals surface area contributed by atoms with Crippen molar-refractivity contribution in [2.24, 2.45) is 5.92 Å². The lowest BCUT2D eigenvalue weighted by Gasteiger charge is -2.40. The maximum Gasteiger partial charge on any atom is 0.239 e. The SMILES string of the molecule is CC(C)(C(=O)NCC1CCCCC1)N1CCNCC1. The Kier molecular flexibility index (Phi) is 5.22. The molecule has 4 heteroatoms. The molecule has 1 saturated carbocycles. The van der Waals surface area contributed by atoms with Gasteiger partial charge in [0, 0.05) is 32.7 Å². The first-order chi connectivity index (χ1) is 9.10. The third kappa shape index (κ3) is 3.93. The summed E-state index contributed by atoms with van der Waals surface area (Å²) in [6.45, 7) is 8.86. The van der Waals surface area contributed by atoms with Crippen LogP contribution in [0.15, 0.2) is 0 Å². The van der Waals surface area contributed by atoms with Gasteiger partial charge in [0.25, 0.3) is 0 Å². The van der Waals surface area contributed by atoms with Crippen molar-refractivity contribution in [2.75, 3.05) is 32.7 Å². The minimum atomic E-state index is -0.378. The van der Waals surface area contributed by atoms with Crippen molar-refractivity contribution in [2.45, 2.75) is 51.5 Å². The Bertz CT molecular complexity index is 292. The standard InChI is InChI=1S/C15H29N3O/c1-15(2,18-10-8-16-9-11-18)14(19)17-12-13-6-4-3-5-7-13/h13,16H,3-12H2,1-2H3,(H,17,19). The minimum absolute atomic E-state index is 0.194. The number of nitrogens with one attached hydrogen (secondary N) is 2. The van der Waals surface area contributed by atoms with Crippen LogP contribution in [0.2, 0.25) is 0 Å². The van der Waals surface area contributed by atoms with Crippen molar-refractivity contribution in [3.8, 4) is 0 Å². The highest BCUT2D eigenvalue weighted by Crippen LogP contribution is 2.23. The second-order valence-corrected chi connectivity index (χ2v) is 6.51. The summed E-state index contributed by atoms with van der Waals surface area (Å²) in [4.78, 5) is 14.7. The zero-order valence-corrected chi connectivity index (χ0v) is 12.5. The van der Waals surface area contributed by atoms with Gasteiger partial charge in [0.2, 0.25) is 5.91 Å². The van der Waals surface area contributed by atoms with Crippen LogP contribution in [0.1, 0.15) is 46.0 Å². The molecule has 0 aromatic heterocycles. The summed E-state index contributed by atoms with van der Waals surface area (Å²) in [5.41, 5.74) is -0.378. The molecule has 4 nitrogen and oxygen atoms in total. The van der Waals surface area contributed by atoms with E-state index in [1.807, 2.05) is 0 Å². The smallest absolute Gasteiger partial charge is 0.239 e. The van der Waals surface area contributed by atoms with Crippen LogP contribution in [0.4, 0.5) is 0 Å². The predicted molar refractivity (Wildman–Crippen MR) is 78.1 cm³/mol. The quantitative estimate of drug-likeness (QED) is 0.808. The lowest BCUT2D eigenvalue weighted by Crippen LogP contribution is -2.60. The Morgan fingerprint density at radius 1 is 1.21 bits per heavy atom. The van der Waals surface area contributed by atoms with Gasteiger partial charge >= 0.3 is 0 Å². The van der Waals surface area contributed by atoms with E-state index >= 15 is 0 Å². The van der Waals surface area contributed by atoms with Crippen LogP contribution in [-0.4, -0.2) is 49.1 Å². The fraction of sp³-hybridized carbons (Fsp3) is 0.933. The number of piperazine rings is 1. The molecule has 1 aliphatic carbocycles. The maximum atomic E-state index is 12.4. The van der Waals surface area contributed by atoms with Crippen LogP contribution in [0.25, 0.3) is 0 Å². The first-order valence-electron chi connectivity index (χ1n) is 7.85. The van der Waals surface area contributed by atoms with E-state index in [9.17, 15) is 4.79 Å². The van der Waals surface area contributed by atoms with E-state index in [4.69, 9.17) is 0 Å². The summed E-state index contributed by atoms with van der Waals surface area (Å²) in [6.07, 6.45) is 6.61. The minimum Gasteiger partial charge on any atom is -0.354 e. The molecule has 19 heavy (non-hydrogen) atoms. The molecule has 0 radical (unpaired) electrons. The molecular weight excluding hydrogens is 238 g/mol. The molecule has 1 heterocycles. The number of nitrogens with zero attached hydrogens (tertiary/aromatic N) is 1. The van der Waals surface area contributed by atoms with E-state index in [1.165, 1.54) is 32.1 Å². The van der Waals surface area contributed by atoms with Crippen molar-refractivity contribution in [3.05, 3.63) is 0 Å². The zero-order valence-electron chi connectivity index (χ0n) is 12.5. The van der Waals surface area contributed by atoms with Crippen LogP contribution < -0.4 is 10.6 Å². The third-order valence-corrected chi connectivity index (χ3v) is 4.74. The third-order valence-electron chi connectivity index (χ3n) is 4.74. The van der Waals surface area contributed by atoms with Crippen molar-refractivity contribution in [3.63, 3.8) is 0 Å². The Labute approximate surface area is 117 Å². The van der Waals surface area contributed by atoms with E-state index in [0.717, 1.165) is 32.7 Å². The molecular formula is C15H29N3O. The highest BCUT2D eigenvalue weighted by atomic mass is 16.2. The fourth-order valence-corrected chi connectivity index (χ4v) is 3.21. The second kappa shape index (κ2) is 6.71. The molecule has 110 valence electrons. The van der Waals surface area contributed by atoms with Gasteiger partial charge in [-0.2, -0.15) is 0 Å². The van der Waals surface area contributed by atoms with Crippen molar-refractivity contribution in [1.29, 1.82) is 0 Å². The lowest BCUT2D eigenvalue weighted by molar-refractivity contribution is -0.132. The average Bonchev–Trinajstić information content (AvgIpc) is 2.46. The van der Waals surface area contributed by atoms with Crippen LogP contribution >= 0.6 is 0 Å². The molecule has 1 saturated heterocycles. The monoisotopic (exact) mass is 267 g/mol. The van der Waals surface area contributed by atoms with Crippen molar-refractivity contribution < 1.29 is 4.79 Å². The largest absolute Gasteiger partial charge is 0.354 e. The Morgan fingerprint density at radius 2 is 1.84 bits per heavy atom. The number of amides is 1. The van der Waals surface area contributed by atoms with Crippen molar-refractivity contribution >= 4 is 5.91 Å². The normalized spacial score (nSPS) is 23.3. The number of rotatable bonds is 4. The molecule has 0 spiro atoms. The molecule has 0 unspecified atom stereocenters. The second-order valence-electron chi connectivity index (χ2n) is 6.51. The summed E-state index contributed by atoms with van der Waals surface area (Å²) in [5.74, 6) is 0.900. The molecule has 0 bridgehead atoms. The Hall–Kier alpha value is -0.610. The molecule has 2 rings (SSSR count). The molecule has 0 atom stereocenters. The fourth-order valence-electron chi connectivity index (χ4n) is 3.21. The molecule has 1 amide bonds. The highest BCUT2D eigenvalue weighted by molar-refractivity contribution is 5.85. The molecule has 2 N–H and O–H groups in total. The van der Waals surface area contributed by atoms with Gasteiger partial charge in [-0.05, 0) is 32.6 Å². The summed E-state index contributed by atoms with van der Waals surface area (Å²) in [5, 5.41) is 6.52. The summed E-state index contributed by atoms with van der Waals surface area (Å²) >= 11 is 0. The van der Waals surface area contributed by atoms with Gasteiger partial charge < -0.3 is 10.6 Å². The summed E-state index contributed by atoms with van der Waals surface area (Å²) in [6, 6.07) is 0. The van der Waals surface area contributed by atoms with Gasteiger partial charge in [-0.25, -0.2) is 0 Å². The highest BCUT2D eigenvalue weighted by Gasteiger charge is 2.35. The number of hydrogen-bond acceptors (Lipinski definition) is 3. The van der Waals surface area contributed by atoms with Gasteiger partial charge in [0.15, 0.2) is 0 Å². The predicted octanol–water partition coefficient (Wildman–Crippen LogP) is 1.37. The summed E-state index contributed by atoms with van der Waals surface area (Å²) < 4.78 is 0. The summed E-state index contributed by atoms with van der Waals surface area (Å²) in [7, 11) is 0. The van der Waals surface area contributed by atoms with Gasteiger partial charge in [-0.3, -0.25) is 9.69 Å². The Balaban J connectivity index is 1.79. The molecule has 2 aliphatic rings. The molecule has 2 fully saturated rings. The van der Waals surface area contributed by atoms with Gasteiger partial charge in [0.1, 0.15) is 0 Å². The van der Waals surface area contributed by atoms with E-state index in [0.29, 0.717) is 5.92 Å². The van der Waals surface area contributed by atoms with E-state index in [2.05, 4.69) is 29.4 Å². The van der Waals surface area contributed by atoms with Crippen LogP contribution in [0.3, 0.4) is 0 Å². The van der Waals surface area contributed by atoms with E-state index in [-0.39, 0.29) is 11.4 Å². The lowest BCUT2D eigenvalue weighted by atomic mass is 9.89.